The molecule has 1 fully saturated rings. The lowest BCUT2D eigenvalue weighted by atomic mass is 9.96. The van der Waals surface area contributed by atoms with Gasteiger partial charge in [0.05, 0.1) is 20.6 Å². The summed E-state index contributed by atoms with van der Waals surface area (Å²) in [5.74, 6) is 1.11. The van der Waals surface area contributed by atoms with Gasteiger partial charge < -0.3 is 19.3 Å². The molecular formula is C21H32N2O4. The van der Waals surface area contributed by atoms with Crippen LogP contribution >= 0.6 is 0 Å². The standard InChI is InChI=1S/C21H32N2O4/c1-22(20(24)8-9-21(25)27-3)16-18-11-14-23(15-12-18)13-10-17-4-6-19(26-2)7-5-17/h4-7,18H,8-16H2,1-3H3. The fourth-order valence-electron chi connectivity index (χ4n) is 3.46. The molecule has 27 heavy (non-hydrogen) atoms. The zero-order valence-corrected chi connectivity index (χ0v) is 16.8. The third-order valence-electron chi connectivity index (χ3n) is 5.31. The third-order valence-corrected chi connectivity index (χ3v) is 5.31. The van der Waals surface area contributed by atoms with Crippen molar-refractivity contribution in [2.45, 2.75) is 32.1 Å². The van der Waals surface area contributed by atoms with Gasteiger partial charge in [-0.05, 0) is 56.0 Å². The summed E-state index contributed by atoms with van der Waals surface area (Å²) in [6.07, 6.45) is 3.64. The van der Waals surface area contributed by atoms with E-state index >= 15 is 0 Å². The van der Waals surface area contributed by atoms with Gasteiger partial charge in [0.15, 0.2) is 0 Å². The summed E-state index contributed by atoms with van der Waals surface area (Å²) < 4.78 is 9.78. The molecule has 0 saturated carbocycles. The zero-order chi connectivity index (χ0) is 19.6. The van der Waals surface area contributed by atoms with Crippen molar-refractivity contribution in [3.05, 3.63) is 29.8 Å². The molecular weight excluding hydrogens is 344 g/mol. The van der Waals surface area contributed by atoms with Crippen LogP contribution < -0.4 is 4.74 Å². The summed E-state index contributed by atoms with van der Waals surface area (Å²) in [6, 6.07) is 8.27. The van der Waals surface area contributed by atoms with Crippen LogP contribution in [0.15, 0.2) is 24.3 Å². The summed E-state index contributed by atoms with van der Waals surface area (Å²) >= 11 is 0. The maximum absolute atomic E-state index is 12.1. The van der Waals surface area contributed by atoms with E-state index in [1.165, 1.54) is 12.7 Å². The number of carbonyl (C=O) groups is 2. The molecule has 0 N–H and O–H groups in total. The Balaban J connectivity index is 1.65. The molecule has 1 amide bonds. The van der Waals surface area contributed by atoms with E-state index in [-0.39, 0.29) is 24.7 Å². The van der Waals surface area contributed by atoms with E-state index in [2.05, 4.69) is 21.8 Å². The van der Waals surface area contributed by atoms with E-state index in [4.69, 9.17) is 4.74 Å². The Morgan fingerprint density at radius 1 is 1.11 bits per heavy atom. The van der Waals surface area contributed by atoms with Gasteiger partial charge in [-0.2, -0.15) is 0 Å². The van der Waals surface area contributed by atoms with Crippen LogP contribution in [0, 0.1) is 5.92 Å². The number of amides is 1. The molecule has 0 atom stereocenters. The normalized spacial score (nSPS) is 15.4. The van der Waals surface area contributed by atoms with Gasteiger partial charge in [0.1, 0.15) is 5.75 Å². The monoisotopic (exact) mass is 376 g/mol. The van der Waals surface area contributed by atoms with E-state index in [0.29, 0.717) is 5.92 Å². The van der Waals surface area contributed by atoms with Crippen molar-refractivity contribution >= 4 is 11.9 Å². The predicted octanol–water partition coefficient (Wildman–Crippen LogP) is 2.36. The van der Waals surface area contributed by atoms with Crippen molar-refractivity contribution in [1.82, 2.24) is 9.80 Å². The molecule has 0 aromatic heterocycles. The number of ether oxygens (including phenoxy) is 2. The Hall–Kier alpha value is -2.08. The molecule has 1 aliphatic rings. The molecule has 1 aromatic carbocycles. The predicted molar refractivity (Wildman–Crippen MR) is 105 cm³/mol. The van der Waals surface area contributed by atoms with Crippen LogP contribution in [0.5, 0.6) is 5.75 Å². The second-order valence-corrected chi connectivity index (χ2v) is 7.23. The fourth-order valence-corrected chi connectivity index (χ4v) is 3.46. The van der Waals surface area contributed by atoms with Crippen LogP contribution in [0.1, 0.15) is 31.2 Å². The number of likely N-dealkylation sites (tertiary alicyclic amines) is 1. The Bertz CT molecular complexity index is 595. The van der Waals surface area contributed by atoms with Gasteiger partial charge in [-0.3, -0.25) is 9.59 Å². The summed E-state index contributed by atoms with van der Waals surface area (Å²) in [5.41, 5.74) is 1.33. The Morgan fingerprint density at radius 2 is 1.78 bits per heavy atom. The van der Waals surface area contributed by atoms with Crippen LogP contribution in [0.25, 0.3) is 0 Å². The molecule has 1 heterocycles. The SMILES string of the molecule is COC(=O)CCC(=O)N(C)CC1CCN(CCc2ccc(OC)cc2)CC1. The average Bonchev–Trinajstić information content (AvgIpc) is 2.71. The first-order valence-electron chi connectivity index (χ1n) is 9.68. The largest absolute Gasteiger partial charge is 0.497 e. The molecule has 2 rings (SSSR count). The second kappa shape index (κ2) is 10.9. The number of benzene rings is 1. The number of esters is 1. The van der Waals surface area contributed by atoms with Gasteiger partial charge in [0, 0.05) is 26.6 Å². The third kappa shape index (κ3) is 7.21. The highest BCUT2D eigenvalue weighted by Crippen LogP contribution is 2.19. The maximum Gasteiger partial charge on any atom is 0.306 e. The minimum Gasteiger partial charge on any atom is -0.497 e. The Kier molecular flexibility index (Phi) is 8.58. The number of nitrogens with zero attached hydrogens (tertiary/aromatic N) is 2. The molecule has 6 heteroatoms. The molecule has 0 unspecified atom stereocenters. The summed E-state index contributed by atoms with van der Waals surface area (Å²) in [5, 5.41) is 0. The van der Waals surface area contributed by atoms with E-state index < -0.39 is 0 Å². The van der Waals surface area contributed by atoms with Gasteiger partial charge in [-0.1, -0.05) is 12.1 Å². The first-order chi connectivity index (χ1) is 13.0. The van der Waals surface area contributed by atoms with Crippen LogP contribution in [-0.2, 0) is 20.7 Å². The van der Waals surface area contributed by atoms with E-state index in [0.717, 1.165) is 51.2 Å². The van der Waals surface area contributed by atoms with E-state index in [9.17, 15) is 9.59 Å². The van der Waals surface area contributed by atoms with Crippen LogP contribution in [0.3, 0.4) is 0 Å². The molecule has 1 aromatic rings. The molecule has 0 bridgehead atoms. The summed E-state index contributed by atoms with van der Waals surface area (Å²) in [4.78, 5) is 27.5. The minimum atomic E-state index is -0.332. The minimum absolute atomic E-state index is 0.0161. The number of hydrogen-bond acceptors (Lipinski definition) is 5. The molecule has 6 nitrogen and oxygen atoms in total. The van der Waals surface area contributed by atoms with Crippen LogP contribution in [0.4, 0.5) is 0 Å². The number of carbonyl (C=O) groups excluding carboxylic acids is 2. The Labute approximate surface area is 162 Å². The lowest BCUT2D eigenvalue weighted by Crippen LogP contribution is -2.40. The van der Waals surface area contributed by atoms with Crippen molar-refractivity contribution in [3.8, 4) is 5.75 Å². The smallest absolute Gasteiger partial charge is 0.306 e. The van der Waals surface area contributed by atoms with Crippen molar-refractivity contribution in [1.29, 1.82) is 0 Å². The van der Waals surface area contributed by atoms with Crippen molar-refractivity contribution in [2.24, 2.45) is 5.92 Å². The number of methoxy groups -OCH3 is 2. The van der Waals surface area contributed by atoms with Crippen molar-refractivity contribution in [2.75, 3.05) is 47.4 Å². The zero-order valence-electron chi connectivity index (χ0n) is 16.8. The average molecular weight is 376 g/mol. The highest BCUT2D eigenvalue weighted by molar-refractivity contribution is 5.81. The van der Waals surface area contributed by atoms with Crippen LogP contribution in [-0.4, -0.2) is 69.1 Å². The first kappa shape index (κ1) is 21.2. The summed E-state index contributed by atoms with van der Waals surface area (Å²) in [6.45, 7) is 3.98. The fraction of sp³-hybridized carbons (Fsp3) is 0.619. The highest BCUT2D eigenvalue weighted by atomic mass is 16.5. The summed E-state index contributed by atoms with van der Waals surface area (Å²) in [7, 11) is 4.86. The number of rotatable bonds is 9. The molecule has 0 aliphatic carbocycles. The quantitative estimate of drug-likeness (QED) is 0.619. The van der Waals surface area contributed by atoms with Crippen LogP contribution in [0.2, 0.25) is 0 Å². The second-order valence-electron chi connectivity index (χ2n) is 7.23. The van der Waals surface area contributed by atoms with E-state index in [1.54, 1.807) is 12.0 Å². The molecule has 1 aliphatic heterocycles. The Morgan fingerprint density at radius 3 is 2.37 bits per heavy atom. The number of hydrogen-bond donors (Lipinski definition) is 0. The lowest BCUT2D eigenvalue weighted by molar-refractivity contribution is -0.143. The van der Waals surface area contributed by atoms with Crippen molar-refractivity contribution < 1.29 is 19.1 Å². The van der Waals surface area contributed by atoms with Gasteiger partial charge in [-0.15, -0.1) is 0 Å². The molecule has 1 saturated heterocycles. The molecule has 0 spiro atoms. The van der Waals surface area contributed by atoms with Gasteiger partial charge in [-0.25, -0.2) is 0 Å². The number of piperidine rings is 1. The maximum atomic E-state index is 12.1. The van der Waals surface area contributed by atoms with Gasteiger partial charge in [0.25, 0.3) is 0 Å². The van der Waals surface area contributed by atoms with Gasteiger partial charge >= 0.3 is 5.97 Å². The molecule has 0 radical (unpaired) electrons. The van der Waals surface area contributed by atoms with E-state index in [1.807, 2.05) is 19.2 Å². The molecule has 150 valence electrons. The van der Waals surface area contributed by atoms with Gasteiger partial charge in [0.2, 0.25) is 5.91 Å². The lowest BCUT2D eigenvalue weighted by Gasteiger charge is -2.34. The first-order valence-corrected chi connectivity index (χ1v) is 9.68. The van der Waals surface area contributed by atoms with Crippen molar-refractivity contribution in [3.63, 3.8) is 0 Å². The highest BCUT2D eigenvalue weighted by Gasteiger charge is 2.22. The topological polar surface area (TPSA) is 59.1 Å².